The summed E-state index contributed by atoms with van der Waals surface area (Å²) < 4.78 is 5.15. The average molecular weight is 326 g/mol. The zero-order chi connectivity index (χ0) is 17.4. The molecule has 0 radical (unpaired) electrons. The van der Waals surface area contributed by atoms with Gasteiger partial charge in [0.05, 0.1) is 7.11 Å². The van der Waals surface area contributed by atoms with Crippen LogP contribution in [0.2, 0.25) is 0 Å². The van der Waals surface area contributed by atoms with E-state index in [1.807, 2.05) is 62.4 Å². The maximum atomic E-state index is 12.1. The van der Waals surface area contributed by atoms with Gasteiger partial charge in [-0.2, -0.15) is 0 Å². The van der Waals surface area contributed by atoms with E-state index in [0.29, 0.717) is 0 Å². The maximum Gasteiger partial charge on any atom is 0.227 e. The molecule has 0 fully saturated rings. The molecule has 24 heavy (non-hydrogen) atoms. The number of nitrogens with one attached hydrogen (secondary N) is 2. The van der Waals surface area contributed by atoms with Crippen molar-refractivity contribution in [1.29, 1.82) is 0 Å². The summed E-state index contributed by atoms with van der Waals surface area (Å²) >= 11 is 0. The van der Waals surface area contributed by atoms with Crippen LogP contribution < -0.4 is 15.4 Å². The van der Waals surface area contributed by atoms with Crippen molar-refractivity contribution in [3.8, 4) is 5.75 Å². The first-order valence-electron chi connectivity index (χ1n) is 8.44. The lowest BCUT2D eigenvalue weighted by atomic mass is 10.0. The van der Waals surface area contributed by atoms with Gasteiger partial charge in [-0.15, -0.1) is 0 Å². The highest BCUT2D eigenvalue weighted by atomic mass is 16.5. The minimum atomic E-state index is 0.0814. The number of anilines is 2. The van der Waals surface area contributed by atoms with Crippen molar-refractivity contribution in [2.45, 2.75) is 33.2 Å². The number of carbonyl (C=O) groups is 1. The highest BCUT2D eigenvalue weighted by molar-refractivity contribution is 5.92. The van der Waals surface area contributed by atoms with Gasteiger partial charge in [-0.1, -0.05) is 26.0 Å². The molecule has 2 N–H and O–H groups in total. The van der Waals surface area contributed by atoms with Crippen LogP contribution in [0.15, 0.2) is 48.5 Å². The Morgan fingerprint density at radius 2 is 1.54 bits per heavy atom. The van der Waals surface area contributed by atoms with Gasteiger partial charge >= 0.3 is 0 Å². The lowest BCUT2D eigenvalue weighted by molar-refractivity contribution is -0.120. The average Bonchev–Trinajstić information content (AvgIpc) is 2.62. The molecule has 0 aliphatic rings. The smallest absolute Gasteiger partial charge is 0.227 e. The fourth-order valence-corrected chi connectivity index (χ4v) is 2.52. The quantitative estimate of drug-likeness (QED) is 0.740. The summed E-state index contributed by atoms with van der Waals surface area (Å²) in [5, 5.41) is 6.35. The first-order chi connectivity index (χ1) is 11.7. The van der Waals surface area contributed by atoms with Crippen LogP contribution in [0.4, 0.5) is 11.4 Å². The van der Waals surface area contributed by atoms with E-state index < -0.39 is 0 Å². The lowest BCUT2D eigenvalue weighted by Crippen LogP contribution is -2.21. The van der Waals surface area contributed by atoms with Gasteiger partial charge in [0.25, 0.3) is 0 Å². The molecule has 1 amide bonds. The van der Waals surface area contributed by atoms with Gasteiger partial charge in [0.1, 0.15) is 5.75 Å². The Morgan fingerprint density at radius 1 is 0.958 bits per heavy atom. The third-order valence-electron chi connectivity index (χ3n) is 4.16. The number of benzene rings is 2. The van der Waals surface area contributed by atoms with Gasteiger partial charge < -0.3 is 15.4 Å². The lowest BCUT2D eigenvalue weighted by Gasteiger charge is -2.13. The van der Waals surface area contributed by atoms with Crippen molar-refractivity contribution in [2.24, 2.45) is 5.92 Å². The number of amides is 1. The molecular weight excluding hydrogens is 300 g/mol. The van der Waals surface area contributed by atoms with Crippen LogP contribution in [-0.4, -0.2) is 13.0 Å². The third kappa shape index (κ3) is 5.01. The third-order valence-corrected chi connectivity index (χ3v) is 4.16. The van der Waals surface area contributed by atoms with Gasteiger partial charge in [0.15, 0.2) is 0 Å². The van der Waals surface area contributed by atoms with E-state index in [1.54, 1.807) is 7.11 Å². The minimum Gasteiger partial charge on any atom is -0.497 e. The minimum absolute atomic E-state index is 0.0814. The number of hydrogen-bond donors (Lipinski definition) is 2. The van der Waals surface area contributed by atoms with E-state index in [2.05, 4.69) is 10.6 Å². The van der Waals surface area contributed by atoms with Crippen LogP contribution in [0.25, 0.3) is 0 Å². The fraction of sp³-hybridized carbons (Fsp3) is 0.350. The topological polar surface area (TPSA) is 50.4 Å². The summed E-state index contributed by atoms with van der Waals surface area (Å²) in [5.74, 6) is 1.04. The molecule has 2 rings (SSSR count). The molecule has 2 aromatic carbocycles. The monoisotopic (exact) mass is 326 g/mol. The van der Waals surface area contributed by atoms with E-state index in [1.165, 1.54) is 5.56 Å². The van der Waals surface area contributed by atoms with Crippen molar-refractivity contribution in [1.82, 2.24) is 0 Å². The van der Waals surface area contributed by atoms with Crippen LogP contribution in [0, 0.1) is 5.92 Å². The second-order valence-electron chi connectivity index (χ2n) is 5.78. The van der Waals surface area contributed by atoms with E-state index >= 15 is 0 Å². The highest BCUT2D eigenvalue weighted by Crippen LogP contribution is 2.18. The number of carbonyl (C=O) groups excluding carboxylic acids is 1. The molecule has 0 unspecified atom stereocenters. The summed E-state index contributed by atoms with van der Waals surface area (Å²) in [6.07, 6.45) is 1.73. The molecule has 4 nitrogen and oxygen atoms in total. The predicted octanol–water partition coefficient (Wildman–Crippen LogP) is 4.68. The van der Waals surface area contributed by atoms with Crippen molar-refractivity contribution in [3.63, 3.8) is 0 Å². The van der Waals surface area contributed by atoms with Crippen LogP contribution in [-0.2, 0) is 11.3 Å². The van der Waals surface area contributed by atoms with Crippen molar-refractivity contribution in [3.05, 3.63) is 54.1 Å². The van der Waals surface area contributed by atoms with E-state index in [4.69, 9.17) is 4.74 Å². The largest absolute Gasteiger partial charge is 0.497 e. The van der Waals surface area contributed by atoms with E-state index in [9.17, 15) is 4.79 Å². The van der Waals surface area contributed by atoms with Gasteiger partial charge in [-0.25, -0.2) is 0 Å². The Balaban J connectivity index is 1.88. The second kappa shape index (κ2) is 8.96. The summed E-state index contributed by atoms with van der Waals surface area (Å²) in [6, 6.07) is 15.8. The Morgan fingerprint density at radius 3 is 2.08 bits per heavy atom. The standard InChI is InChI=1S/C20H26N2O2/c1-4-16(5-2)20(23)22-18-10-8-17(9-11-18)21-14-15-6-12-19(24-3)13-7-15/h6-13,16,21H,4-5,14H2,1-3H3,(H,22,23). The molecule has 0 aromatic heterocycles. The Bertz CT molecular complexity index is 632. The molecule has 2 aromatic rings. The van der Waals surface area contributed by atoms with Crippen LogP contribution in [0.1, 0.15) is 32.3 Å². The van der Waals surface area contributed by atoms with Gasteiger partial charge in [-0.05, 0) is 54.8 Å². The zero-order valence-corrected chi connectivity index (χ0v) is 14.6. The zero-order valence-electron chi connectivity index (χ0n) is 14.6. The molecule has 128 valence electrons. The first kappa shape index (κ1) is 17.9. The van der Waals surface area contributed by atoms with Crippen LogP contribution >= 0.6 is 0 Å². The molecule has 0 aliphatic carbocycles. The van der Waals surface area contributed by atoms with Crippen molar-refractivity contribution in [2.75, 3.05) is 17.7 Å². The van der Waals surface area contributed by atoms with Gasteiger partial charge in [0.2, 0.25) is 5.91 Å². The van der Waals surface area contributed by atoms with Crippen molar-refractivity contribution < 1.29 is 9.53 Å². The summed E-state index contributed by atoms with van der Waals surface area (Å²) in [6.45, 7) is 4.82. The normalized spacial score (nSPS) is 10.5. The second-order valence-corrected chi connectivity index (χ2v) is 5.78. The predicted molar refractivity (Wildman–Crippen MR) is 99.5 cm³/mol. The Hall–Kier alpha value is -2.49. The van der Waals surface area contributed by atoms with Crippen LogP contribution in [0.3, 0.4) is 0 Å². The molecular formula is C20H26N2O2. The summed E-state index contributed by atoms with van der Waals surface area (Å²) in [5.41, 5.74) is 3.04. The molecule has 0 atom stereocenters. The molecule has 0 spiro atoms. The molecule has 0 saturated carbocycles. The molecule has 0 heterocycles. The summed E-state index contributed by atoms with van der Waals surface area (Å²) in [4.78, 5) is 12.1. The number of hydrogen-bond acceptors (Lipinski definition) is 3. The highest BCUT2D eigenvalue weighted by Gasteiger charge is 2.13. The maximum absolute atomic E-state index is 12.1. The fourth-order valence-electron chi connectivity index (χ4n) is 2.52. The number of methoxy groups -OCH3 is 1. The van der Waals surface area contributed by atoms with E-state index in [-0.39, 0.29) is 11.8 Å². The number of ether oxygens (including phenoxy) is 1. The first-order valence-corrected chi connectivity index (χ1v) is 8.44. The molecule has 0 bridgehead atoms. The van der Waals surface area contributed by atoms with Crippen molar-refractivity contribution >= 4 is 17.3 Å². The van der Waals surface area contributed by atoms with Crippen LogP contribution in [0.5, 0.6) is 5.75 Å². The SMILES string of the molecule is CCC(CC)C(=O)Nc1ccc(NCc2ccc(OC)cc2)cc1. The van der Waals surface area contributed by atoms with Gasteiger partial charge in [-0.3, -0.25) is 4.79 Å². The molecule has 0 aliphatic heterocycles. The van der Waals surface area contributed by atoms with E-state index in [0.717, 1.165) is 36.5 Å². The Labute approximate surface area is 144 Å². The number of rotatable bonds is 8. The molecule has 4 heteroatoms. The Kier molecular flexibility index (Phi) is 6.67. The van der Waals surface area contributed by atoms with Gasteiger partial charge in [0, 0.05) is 23.8 Å². The summed E-state index contributed by atoms with van der Waals surface area (Å²) in [7, 11) is 1.66. The molecule has 0 saturated heterocycles.